The highest BCUT2D eigenvalue weighted by Gasteiger charge is 2.64. The molecule has 0 amide bonds. The molecule has 3 aliphatic rings. The summed E-state index contributed by atoms with van der Waals surface area (Å²) in [6.45, 7) is 7.22. The van der Waals surface area contributed by atoms with Crippen molar-refractivity contribution in [3.8, 4) is 0 Å². The number of carbonyl (C=O) groups excluding carboxylic acids is 1. The summed E-state index contributed by atoms with van der Waals surface area (Å²) >= 11 is 0. The summed E-state index contributed by atoms with van der Waals surface area (Å²) in [5.41, 5.74) is 0.170. The van der Waals surface area contributed by atoms with Crippen LogP contribution in [0.4, 0.5) is 0 Å². The van der Waals surface area contributed by atoms with E-state index in [0.29, 0.717) is 6.61 Å². The van der Waals surface area contributed by atoms with Crippen LogP contribution >= 0.6 is 0 Å². The molecule has 3 heterocycles. The molecule has 0 aliphatic carbocycles. The van der Waals surface area contributed by atoms with E-state index in [9.17, 15) is 4.79 Å². The minimum absolute atomic E-state index is 0.0240. The van der Waals surface area contributed by atoms with Crippen molar-refractivity contribution in [2.45, 2.75) is 58.0 Å². The first-order chi connectivity index (χ1) is 8.02. The largest absolute Gasteiger partial charge is 0.456 e. The molecular formula is C13H20O4. The van der Waals surface area contributed by atoms with Gasteiger partial charge < -0.3 is 14.2 Å². The number of hydrogen-bond acceptors (Lipinski definition) is 4. The van der Waals surface area contributed by atoms with Crippen LogP contribution in [0.25, 0.3) is 0 Å². The van der Waals surface area contributed by atoms with Crippen molar-refractivity contribution < 1.29 is 19.0 Å². The second-order valence-corrected chi connectivity index (χ2v) is 6.18. The molecule has 2 bridgehead atoms. The van der Waals surface area contributed by atoms with E-state index >= 15 is 0 Å². The van der Waals surface area contributed by atoms with Gasteiger partial charge in [-0.15, -0.1) is 0 Å². The molecule has 5 atom stereocenters. The van der Waals surface area contributed by atoms with Crippen LogP contribution in [0.3, 0.4) is 0 Å². The first kappa shape index (κ1) is 11.5. The van der Waals surface area contributed by atoms with Crippen LogP contribution in [-0.2, 0) is 19.0 Å². The van der Waals surface area contributed by atoms with E-state index in [2.05, 4.69) is 20.8 Å². The second kappa shape index (κ2) is 3.69. The maximum atomic E-state index is 11.5. The molecule has 0 N–H and O–H groups in total. The van der Waals surface area contributed by atoms with Gasteiger partial charge in [0.25, 0.3) is 0 Å². The van der Waals surface area contributed by atoms with E-state index in [1.165, 1.54) is 0 Å². The van der Waals surface area contributed by atoms with Crippen LogP contribution < -0.4 is 0 Å². The molecule has 0 saturated carbocycles. The molecule has 5 unspecified atom stereocenters. The fraction of sp³-hybridized carbons (Fsp3) is 0.923. The zero-order valence-corrected chi connectivity index (χ0v) is 10.6. The predicted octanol–water partition coefficient (Wildman–Crippen LogP) is 1.52. The SMILES string of the molecule is CCC(C)(C)COC1C2CC3C(=O)OC1C3O2. The summed E-state index contributed by atoms with van der Waals surface area (Å²) in [6, 6.07) is 0. The molecule has 4 heteroatoms. The van der Waals surface area contributed by atoms with Crippen molar-refractivity contribution in [2.75, 3.05) is 6.61 Å². The van der Waals surface area contributed by atoms with Gasteiger partial charge in [0, 0.05) is 0 Å². The molecule has 3 rings (SSSR count). The molecule has 17 heavy (non-hydrogen) atoms. The Bertz CT molecular complexity index is 338. The molecule has 3 fully saturated rings. The van der Waals surface area contributed by atoms with E-state index in [1.807, 2.05) is 0 Å². The lowest BCUT2D eigenvalue weighted by molar-refractivity contribution is -0.147. The number of fused-ring (bicyclic) bond motifs is 1. The fourth-order valence-corrected chi connectivity index (χ4v) is 2.87. The molecular weight excluding hydrogens is 220 g/mol. The molecule has 0 aromatic rings. The van der Waals surface area contributed by atoms with Crippen LogP contribution in [0.15, 0.2) is 0 Å². The molecule has 3 saturated heterocycles. The van der Waals surface area contributed by atoms with E-state index in [0.717, 1.165) is 12.8 Å². The fourth-order valence-electron chi connectivity index (χ4n) is 2.87. The van der Waals surface area contributed by atoms with Gasteiger partial charge in [-0.05, 0) is 18.3 Å². The van der Waals surface area contributed by atoms with Crippen molar-refractivity contribution in [1.29, 1.82) is 0 Å². The highest BCUT2D eigenvalue weighted by molar-refractivity contribution is 5.77. The maximum Gasteiger partial charge on any atom is 0.312 e. The smallest absolute Gasteiger partial charge is 0.312 e. The Morgan fingerprint density at radius 3 is 2.88 bits per heavy atom. The third-order valence-electron chi connectivity index (χ3n) is 4.41. The molecule has 0 aromatic heterocycles. The topological polar surface area (TPSA) is 44.8 Å². The molecule has 0 radical (unpaired) electrons. The van der Waals surface area contributed by atoms with E-state index in [4.69, 9.17) is 14.2 Å². The Morgan fingerprint density at radius 2 is 2.18 bits per heavy atom. The lowest BCUT2D eigenvalue weighted by atomic mass is 9.87. The van der Waals surface area contributed by atoms with Gasteiger partial charge in [-0.3, -0.25) is 4.79 Å². The number of ether oxygens (including phenoxy) is 3. The van der Waals surface area contributed by atoms with Crippen LogP contribution in [0.1, 0.15) is 33.6 Å². The lowest BCUT2D eigenvalue weighted by Gasteiger charge is -2.28. The van der Waals surface area contributed by atoms with Gasteiger partial charge in [0.1, 0.15) is 12.2 Å². The highest BCUT2D eigenvalue weighted by atomic mass is 16.6. The maximum absolute atomic E-state index is 11.5. The summed E-state index contributed by atoms with van der Waals surface area (Å²) in [4.78, 5) is 11.5. The summed E-state index contributed by atoms with van der Waals surface area (Å²) < 4.78 is 17.1. The molecule has 3 aliphatic heterocycles. The summed E-state index contributed by atoms with van der Waals surface area (Å²) in [7, 11) is 0. The Morgan fingerprint density at radius 1 is 1.41 bits per heavy atom. The number of esters is 1. The summed E-state index contributed by atoms with van der Waals surface area (Å²) in [6.07, 6.45) is 1.67. The zero-order valence-electron chi connectivity index (χ0n) is 10.6. The normalized spacial score (nSPS) is 43.2. The zero-order chi connectivity index (χ0) is 12.2. The van der Waals surface area contributed by atoms with Crippen LogP contribution in [-0.4, -0.2) is 37.0 Å². The van der Waals surface area contributed by atoms with Gasteiger partial charge in [-0.2, -0.15) is 0 Å². The summed E-state index contributed by atoms with van der Waals surface area (Å²) in [5.74, 6) is -0.118. The number of hydrogen-bond donors (Lipinski definition) is 0. The number of carbonyl (C=O) groups is 1. The lowest BCUT2D eigenvalue weighted by Crippen LogP contribution is -2.40. The van der Waals surface area contributed by atoms with Crippen LogP contribution in [0, 0.1) is 11.3 Å². The van der Waals surface area contributed by atoms with Crippen molar-refractivity contribution in [3.63, 3.8) is 0 Å². The van der Waals surface area contributed by atoms with E-state index < -0.39 is 0 Å². The van der Waals surface area contributed by atoms with Gasteiger partial charge in [0.05, 0.1) is 18.6 Å². The Hall–Kier alpha value is -0.610. The molecule has 0 aromatic carbocycles. The van der Waals surface area contributed by atoms with Gasteiger partial charge >= 0.3 is 5.97 Å². The Kier molecular flexibility index (Phi) is 2.49. The van der Waals surface area contributed by atoms with Crippen LogP contribution in [0.2, 0.25) is 0 Å². The second-order valence-electron chi connectivity index (χ2n) is 6.18. The third kappa shape index (κ3) is 1.69. The van der Waals surface area contributed by atoms with Gasteiger partial charge in [0.15, 0.2) is 6.10 Å². The van der Waals surface area contributed by atoms with E-state index in [1.54, 1.807) is 0 Å². The van der Waals surface area contributed by atoms with Crippen molar-refractivity contribution in [1.82, 2.24) is 0 Å². The Labute approximate surface area is 102 Å². The minimum Gasteiger partial charge on any atom is -0.456 e. The van der Waals surface area contributed by atoms with Gasteiger partial charge in [0.2, 0.25) is 0 Å². The van der Waals surface area contributed by atoms with Crippen molar-refractivity contribution in [3.05, 3.63) is 0 Å². The molecule has 96 valence electrons. The van der Waals surface area contributed by atoms with Gasteiger partial charge in [-0.1, -0.05) is 20.8 Å². The third-order valence-corrected chi connectivity index (χ3v) is 4.41. The molecule has 0 spiro atoms. The van der Waals surface area contributed by atoms with Crippen LogP contribution in [0.5, 0.6) is 0 Å². The summed E-state index contributed by atoms with van der Waals surface area (Å²) in [5, 5.41) is 0. The average molecular weight is 240 g/mol. The first-order valence-electron chi connectivity index (χ1n) is 6.49. The monoisotopic (exact) mass is 240 g/mol. The molecule has 4 nitrogen and oxygen atoms in total. The first-order valence-corrected chi connectivity index (χ1v) is 6.49. The Balaban J connectivity index is 1.65. The predicted molar refractivity (Wildman–Crippen MR) is 60.5 cm³/mol. The minimum atomic E-state index is -0.154. The van der Waals surface area contributed by atoms with E-state index in [-0.39, 0.29) is 41.7 Å². The number of rotatable bonds is 4. The highest BCUT2D eigenvalue weighted by Crippen LogP contribution is 2.47. The van der Waals surface area contributed by atoms with Gasteiger partial charge in [-0.25, -0.2) is 0 Å². The van der Waals surface area contributed by atoms with Crippen molar-refractivity contribution in [2.24, 2.45) is 11.3 Å². The standard InChI is InChI=1S/C13H20O4/c1-4-13(2,3)6-15-10-8-5-7-9(16-8)11(10)17-12(7)14/h7-11H,4-6H2,1-3H3. The quantitative estimate of drug-likeness (QED) is 0.699. The average Bonchev–Trinajstić information content (AvgIpc) is 2.88. The van der Waals surface area contributed by atoms with Crippen molar-refractivity contribution >= 4 is 5.97 Å².